The minimum atomic E-state index is -0.726. The number of fused-ring (bicyclic) bond motifs is 1. The predicted molar refractivity (Wildman–Crippen MR) is 65.8 cm³/mol. The van der Waals surface area contributed by atoms with Crippen LogP contribution in [0.15, 0.2) is 6.20 Å². The molecule has 0 aromatic carbocycles. The molecule has 1 aliphatic rings. The van der Waals surface area contributed by atoms with Gasteiger partial charge in [0, 0.05) is 12.6 Å². The first-order valence-corrected chi connectivity index (χ1v) is 5.80. The third kappa shape index (κ3) is 1.97. The number of ether oxygens (including phenoxy) is 1. The molecule has 0 spiro atoms. The van der Waals surface area contributed by atoms with Crippen molar-refractivity contribution in [3.63, 3.8) is 0 Å². The van der Waals surface area contributed by atoms with Crippen LogP contribution in [0.4, 0.5) is 11.8 Å². The van der Waals surface area contributed by atoms with Gasteiger partial charge in [0.2, 0.25) is 5.95 Å². The minimum Gasteiger partial charge on any atom is -0.394 e. The van der Waals surface area contributed by atoms with E-state index in [2.05, 4.69) is 15.1 Å². The number of rotatable bonds is 2. The topological polar surface area (TPSA) is 145 Å². The fourth-order valence-electron chi connectivity index (χ4n) is 2.15. The number of hydrogen-bond acceptors (Lipinski definition) is 8. The molecule has 0 bridgehead atoms. The molecule has 9 nitrogen and oxygen atoms in total. The van der Waals surface area contributed by atoms with Crippen molar-refractivity contribution in [2.24, 2.45) is 0 Å². The van der Waals surface area contributed by atoms with Crippen molar-refractivity contribution in [3.8, 4) is 0 Å². The molecule has 0 saturated carbocycles. The van der Waals surface area contributed by atoms with Gasteiger partial charge in [-0.1, -0.05) is 0 Å². The average molecular weight is 266 g/mol. The van der Waals surface area contributed by atoms with Crippen LogP contribution in [-0.2, 0) is 4.74 Å². The predicted octanol–water partition coefficient (Wildman–Crippen LogP) is -1.37. The van der Waals surface area contributed by atoms with Crippen molar-refractivity contribution in [2.45, 2.75) is 24.9 Å². The van der Waals surface area contributed by atoms with E-state index >= 15 is 0 Å². The highest BCUT2D eigenvalue weighted by Gasteiger charge is 2.35. The van der Waals surface area contributed by atoms with E-state index in [1.165, 1.54) is 4.68 Å². The average Bonchev–Trinajstić information content (AvgIpc) is 2.92. The maximum Gasteiger partial charge on any atom is 0.224 e. The standard InChI is InChI=1S/C10H14N6O3/c11-8-4-2-16(15-9(4)14-10(12)13-8)7-1-5(18)6(3-17)19-7/h2,5-7,17-18H,1,3H2,(H4,11,12,13,14,15)/t5-,6+,7+/m0/s1. The number of nitrogen functional groups attached to an aromatic ring is 2. The van der Waals surface area contributed by atoms with Gasteiger partial charge in [0.15, 0.2) is 11.9 Å². The zero-order chi connectivity index (χ0) is 13.6. The van der Waals surface area contributed by atoms with E-state index in [-0.39, 0.29) is 18.4 Å². The zero-order valence-electron chi connectivity index (χ0n) is 9.97. The lowest BCUT2D eigenvalue weighted by atomic mass is 10.2. The van der Waals surface area contributed by atoms with Gasteiger partial charge in [-0.2, -0.15) is 9.97 Å². The minimum absolute atomic E-state index is 0.0517. The Kier molecular flexibility index (Phi) is 2.73. The molecule has 2 aromatic heterocycles. The molecule has 0 unspecified atom stereocenters. The van der Waals surface area contributed by atoms with E-state index in [1.807, 2.05) is 0 Å². The SMILES string of the molecule is Nc1nc(N)c2cn([C@H]3C[C@H](O)[C@@H](CO)O3)nc2n1. The maximum absolute atomic E-state index is 9.70. The molecule has 1 saturated heterocycles. The van der Waals surface area contributed by atoms with Crippen molar-refractivity contribution in [3.05, 3.63) is 6.20 Å². The van der Waals surface area contributed by atoms with E-state index in [0.29, 0.717) is 17.5 Å². The van der Waals surface area contributed by atoms with Crippen LogP contribution in [0.5, 0.6) is 0 Å². The molecule has 19 heavy (non-hydrogen) atoms. The van der Waals surface area contributed by atoms with Gasteiger partial charge >= 0.3 is 0 Å². The Morgan fingerprint density at radius 1 is 1.42 bits per heavy atom. The Bertz CT molecular complexity index is 615. The molecule has 0 aliphatic carbocycles. The summed E-state index contributed by atoms with van der Waals surface area (Å²) in [6.45, 7) is -0.243. The maximum atomic E-state index is 9.70. The van der Waals surface area contributed by atoms with Gasteiger partial charge < -0.3 is 26.4 Å². The van der Waals surface area contributed by atoms with Crippen LogP contribution in [0.2, 0.25) is 0 Å². The molecule has 102 valence electrons. The van der Waals surface area contributed by atoms with Gasteiger partial charge in [-0.25, -0.2) is 4.68 Å². The Hall–Kier alpha value is -1.97. The number of hydrogen-bond donors (Lipinski definition) is 4. The van der Waals surface area contributed by atoms with Crippen LogP contribution in [0, 0.1) is 0 Å². The van der Waals surface area contributed by atoms with E-state index in [9.17, 15) is 5.11 Å². The fraction of sp³-hybridized carbons (Fsp3) is 0.500. The van der Waals surface area contributed by atoms with Crippen LogP contribution in [0.25, 0.3) is 11.0 Å². The molecule has 1 aliphatic heterocycles. The summed E-state index contributed by atoms with van der Waals surface area (Å²) in [5.41, 5.74) is 11.6. The van der Waals surface area contributed by atoms with Crippen LogP contribution in [0.1, 0.15) is 12.6 Å². The first-order valence-electron chi connectivity index (χ1n) is 5.80. The smallest absolute Gasteiger partial charge is 0.224 e. The summed E-state index contributed by atoms with van der Waals surface area (Å²) in [5, 5.41) is 23.5. The second kappa shape index (κ2) is 4.30. The fourth-order valence-corrected chi connectivity index (χ4v) is 2.15. The Morgan fingerprint density at radius 2 is 2.21 bits per heavy atom. The summed E-state index contributed by atoms with van der Waals surface area (Å²) in [6, 6.07) is 0. The van der Waals surface area contributed by atoms with Crippen molar-refractivity contribution in [2.75, 3.05) is 18.1 Å². The lowest BCUT2D eigenvalue weighted by Gasteiger charge is -2.11. The number of nitrogens with zero attached hydrogens (tertiary/aromatic N) is 4. The van der Waals surface area contributed by atoms with Crippen LogP contribution >= 0.6 is 0 Å². The van der Waals surface area contributed by atoms with Gasteiger partial charge in [-0.3, -0.25) is 0 Å². The van der Waals surface area contributed by atoms with E-state index in [0.717, 1.165) is 0 Å². The highest BCUT2D eigenvalue weighted by Crippen LogP contribution is 2.29. The van der Waals surface area contributed by atoms with Crippen molar-refractivity contribution >= 4 is 22.8 Å². The molecule has 3 heterocycles. The lowest BCUT2D eigenvalue weighted by molar-refractivity contribution is -0.0482. The molecule has 3 rings (SSSR count). The summed E-state index contributed by atoms with van der Waals surface area (Å²) < 4.78 is 7.00. The van der Waals surface area contributed by atoms with Gasteiger partial charge in [0.05, 0.1) is 18.1 Å². The monoisotopic (exact) mass is 266 g/mol. The van der Waals surface area contributed by atoms with Gasteiger partial charge in [-0.05, 0) is 0 Å². The van der Waals surface area contributed by atoms with Crippen LogP contribution in [-0.4, -0.2) is 48.8 Å². The molecule has 0 radical (unpaired) electrons. The molecule has 0 amide bonds. The van der Waals surface area contributed by atoms with Crippen LogP contribution in [0.3, 0.4) is 0 Å². The van der Waals surface area contributed by atoms with Gasteiger partial charge in [0.25, 0.3) is 0 Å². The summed E-state index contributed by atoms with van der Waals surface area (Å²) >= 11 is 0. The second-order valence-electron chi connectivity index (χ2n) is 4.43. The summed E-state index contributed by atoms with van der Waals surface area (Å²) in [7, 11) is 0. The zero-order valence-corrected chi connectivity index (χ0v) is 9.97. The molecule has 3 atom stereocenters. The third-order valence-corrected chi connectivity index (χ3v) is 3.12. The van der Waals surface area contributed by atoms with Crippen LogP contribution < -0.4 is 11.5 Å². The van der Waals surface area contributed by atoms with Gasteiger partial charge in [-0.15, -0.1) is 5.10 Å². The quantitative estimate of drug-likeness (QED) is 0.521. The first kappa shape index (κ1) is 12.1. The lowest BCUT2D eigenvalue weighted by Crippen LogP contribution is -2.24. The van der Waals surface area contributed by atoms with E-state index < -0.39 is 18.4 Å². The summed E-state index contributed by atoms with van der Waals surface area (Å²) in [4.78, 5) is 7.82. The molecule has 6 N–H and O–H groups in total. The number of anilines is 2. The molecule has 1 fully saturated rings. The van der Waals surface area contributed by atoms with Crippen molar-refractivity contribution < 1.29 is 14.9 Å². The Balaban J connectivity index is 1.96. The molecule has 2 aromatic rings. The highest BCUT2D eigenvalue weighted by atomic mass is 16.5. The molecular formula is C10H14N6O3. The van der Waals surface area contributed by atoms with Crippen molar-refractivity contribution in [1.82, 2.24) is 19.7 Å². The third-order valence-electron chi connectivity index (χ3n) is 3.12. The largest absolute Gasteiger partial charge is 0.394 e. The first-order chi connectivity index (χ1) is 9.08. The Morgan fingerprint density at radius 3 is 2.89 bits per heavy atom. The van der Waals surface area contributed by atoms with E-state index in [1.54, 1.807) is 6.20 Å². The number of aromatic nitrogens is 4. The second-order valence-corrected chi connectivity index (χ2v) is 4.43. The summed E-state index contributed by atoms with van der Waals surface area (Å²) in [5.74, 6) is 0.293. The number of nitrogens with two attached hydrogens (primary N) is 2. The van der Waals surface area contributed by atoms with E-state index in [4.69, 9.17) is 21.3 Å². The van der Waals surface area contributed by atoms with Gasteiger partial charge in [0.1, 0.15) is 11.9 Å². The highest BCUT2D eigenvalue weighted by molar-refractivity contribution is 5.85. The number of aliphatic hydroxyl groups excluding tert-OH is 2. The molecule has 9 heteroatoms. The Labute approximate surface area is 107 Å². The summed E-state index contributed by atoms with van der Waals surface area (Å²) in [6.07, 6.45) is 0.173. The normalized spacial score (nSPS) is 27.2. The number of aliphatic hydroxyl groups is 2. The van der Waals surface area contributed by atoms with Crippen molar-refractivity contribution in [1.29, 1.82) is 0 Å². The molecular weight excluding hydrogens is 252 g/mol.